The van der Waals surface area contributed by atoms with Crippen molar-refractivity contribution in [2.24, 2.45) is 0 Å². The van der Waals surface area contributed by atoms with Crippen LogP contribution in [0.2, 0.25) is 5.02 Å². The van der Waals surface area contributed by atoms with Gasteiger partial charge in [0.2, 0.25) is 0 Å². The number of nitrogens with zero attached hydrogens (tertiary/aromatic N) is 1. The van der Waals surface area contributed by atoms with Gasteiger partial charge >= 0.3 is 0 Å². The fourth-order valence-corrected chi connectivity index (χ4v) is 3.24. The summed E-state index contributed by atoms with van der Waals surface area (Å²) in [6, 6.07) is 11.9. The second kappa shape index (κ2) is 5.55. The van der Waals surface area contributed by atoms with Gasteiger partial charge in [-0.3, -0.25) is 9.59 Å². The lowest BCUT2D eigenvalue weighted by atomic mass is 10.1. The molecule has 0 bridgehead atoms. The summed E-state index contributed by atoms with van der Waals surface area (Å²) in [4.78, 5) is 26.2. The van der Waals surface area contributed by atoms with Gasteiger partial charge in [0.25, 0.3) is 11.8 Å². The molecule has 0 saturated carbocycles. The molecule has 0 saturated heterocycles. The number of carbonyl (C=O) groups excluding carboxylic acids is 2. The van der Waals surface area contributed by atoms with Crippen LogP contribution in [0.3, 0.4) is 0 Å². The van der Waals surface area contributed by atoms with Gasteiger partial charge in [0.15, 0.2) is 0 Å². The van der Waals surface area contributed by atoms with Gasteiger partial charge in [-0.2, -0.15) is 0 Å². The zero-order valence-corrected chi connectivity index (χ0v) is 14.4. The van der Waals surface area contributed by atoms with Gasteiger partial charge in [-0.15, -0.1) is 0 Å². The number of hydrogen-bond acceptors (Lipinski definition) is 2. The highest BCUT2D eigenvalue weighted by Crippen LogP contribution is 2.40. The van der Waals surface area contributed by atoms with E-state index in [0.717, 1.165) is 5.56 Å². The van der Waals surface area contributed by atoms with E-state index < -0.39 is 0 Å². The summed E-state index contributed by atoms with van der Waals surface area (Å²) in [6.07, 6.45) is 0. The standard InChI is InChI=1S/C15H8Br2ClNO2/c16-13(17)11-6-5-8(18)7-12(11)19-14(20)9-3-1-2-4-10(9)15(19)21/h1-7,13H. The van der Waals surface area contributed by atoms with Crippen molar-refractivity contribution in [2.75, 3.05) is 4.90 Å². The Balaban J connectivity index is 2.17. The summed E-state index contributed by atoms with van der Waals surface area (Å²) < 4.78 is -0.193. The van der Waals surface area contributed by atoms with Crippen LogP contribution in [0.4, 0.5) is 5.69 Å². The molecule has 0 spiro atoms. The summed E-state index contributed by atoms with van der Waals surface area (Å²) >= 11 is 12.8. The predicted octanol–water partition coefficient (Wildman–Crippen LogP) is 4.93. The lowest BCUT2D eigenvalue weighted by Gasteiger charge is -2.19. The maximum absolute atomic E-state index is 12.5. The molecule has 2 aromatic rings. The van der Waals surface area contributed by atoms with Crippen molar-refractivity contribution in [1.29, 1.82) is 0 Å². The first-order chi connectivity index (χ1) is 10.0. The van der Waals surface area contributed by atoms with E-state index in [0.29, 0.717) is 21.8 Å². The maximum Gasteiger partial charge on any atom is 0.266 e. The van der Waals surface area contributed by atoms with Crippen molar-refractivity contribution in [3.63, 3.8) is 0 Å². The fourth-order valence-electron chi connectivity index (χ4n) is 2.30. The molecule has 0 unspecified atom stereocenters. The molecule has 2 aromatic carbocycles. The van der Waals surface area contributed by atoms with Crippen LogP contribution < -0.4 is 4.90 Å². The van der Waals surface area contributed by atoms with Crippen LogP contribution in [0, 0.1) is 0 Å². The fraction of sp³-hybridized carbons (Fsp3) is 0.0667. The van der Waals surface area contributed by atoms with Crippen LogP contribution in [-0.2, 0) is 0 Å². The number of amides is 2. The van der Waals surface area contributed by atoms with E-state index >= 15 is 0 Å². The van der Waals surface area contributed by atoms with Crippen LogP contribution >= 0.6 is 43.5 Å². The van der Waals surface area contributed by atoms with E-state index in [1.165, 1.54) is 4.90 Å². The third kappa shape index (κ3) is 2.43. The molecule has 0 aromatic heterocycles. The number of rotatable bonds is 2. The van der Waals surface area contributed by atoms with E-state index in [9.17, 15) is 9.59 Å². The minimum absolute atomic E-state index is 0.193. The number of fused-ring (bicyclic) bond motifs is 1. The normalized spacial score (nSPS) is 14.0. The zero-order valence-electron chi connectivity index (χ0n) is 10.5. The van der Waals surface area contributed by atoms with E-state index in [-0.39, 0.29) is 15.6 Å². The minimum atomic E-state index is -0.334. The number of hydrogen-bond donors (Lipinski definition) is 0. The van der Waals surface area contributed by atoms with Gasteiger partial charge in [-0.05, 0) is 24.3 Å². The second-order valence-electron chi connectivity index (χ2n) is 4.50. The highest BCUT2D eigenvalue weighted by atomic mass is 79.9. The molecule has 0 atom stereocenters. The number of carbonyl (C=O) groups is 2. The zero-order chi connectivity index (χ0) is 15.1. The second-order valence-corrected chi connectivity index (χ2v) is 7.99. The first-order valence-electron chi connectivity index (χ1n) is 6.06. The molecular formula is C15H8Br2ClNO2. The molecule has 1 aliphatic rings. The van der Waals surface area contributed by atoms with Gasteiger partial charge in [0.05, 0.1) is 20.6 Å². The Morgan fingerprint density at radius 1 is 0.952 bits per heavy atom. The molecule has 0 aliphatic carbocycles. The first-order valence-corrected chi connectivity index (χ1v) is 8.27. The minimum Gasteiger partial charge on any atom is -0.268 e. The van der Waals surface area contributed by atoms with E-state index in [1.807, 2.05) is 0 Å². The Morgan fingerprint density at radius 3 is 2.05 bits per heavy atom. The summed E-state index contributed by atoms with van der Waals surface area (Å²) in [5.41, 5.74) is 2.06. The number of imide groups is 1. The lowest BCUT2D eigenvalue weighted by molar-refractivity contribution is 0.0926. The first kappa shape index (κ1) is 14.8. The predicted molar refractivity (Wildman–Crippen MR) is 89.6 cm³/mol. The largest absolute Gasteiger partial charge is 0.268 e. The molecule has 106 valence electrons. The summed E-state index contributed by atoms with van der Waals surface area (Å²) in [6.45, 7) is 0. The SMILES string of the molecule is O=C1c2ccccc2C(=O)N1c1cc(Cl)ccc1C(Br)Br. The smallest absolute Gasteiger partial charge is 0.266 e. The third-order valence-electron chi connectivity index (χ3n) is 3.26. The number of anilines is 1. The maximum atomic E-state index is 12.5. The molecule has 3 rings (SSSR count). The van der Waals surface area contributed by atoms with Gasteiger partial charge in [-0.1, -0.05) is 61.7 Å². The van der Waals surface area contributed by atoms with Crippen molar-refractivity contribution in [3.05, 3.63) is 64.2 Å². The van der Waals surface area contributed by atoms with E-state index in [2.05, 4.69) is 31.9 Å². The van der Waals surface area contributed by atoms with Crippen molar-refractivity contribution in [2.45, 2.75) is 3.74 Å². The van der Waals surface area contributed by atoms with Crippen LogP contribution in [0.5, 0.6) is 0 Å². The van der Waals surface area contributed by atoms with Crippen LogP contribution in [0.15, 0.2) is 42.5 Å². The lowest BCUT2D eigenvalue weighted by Crippen LogP contribution is -2.30. The Bertz CT molecular complexity index is 726. The Kier molecular flexibility index (Phi) is 3.90. The third-order valence-corrected chi connectivity index (χ3v) is 4.48. The molecule has 0 N–H and O–H groups in total. The average Bonchev–Trinajstić information content (AvgIpc) is 2.71. The van der Waals surface area contributed by atoms with Gasteiger partial charge in [0, 0.05) is 10.6 Å². The highest BCUT2D eigenvalue weighted by Gasteiger charge is 2.37. The van der Waals surface area contributed by atoms with Crippen LogP contribution in [0.1, 0.15) is 30.0 Å². The molecule has 0 radical (unpaired) electrons. The number of benzene rings is 2. The van der Waals surface area contributed by atoms with Crippen molar-refractivity contribution >= 4 is 61.0 Å². The molecular weight excluding hydrogens is 421 g/mol. The van der Waals surface area contributed by atoms with Gasteiger partial charge < -0.3 is 0 Å². The van der Waals surface area contributed by atoms with Crippen LogP contribution in [0.25, 0.3) is 0 Å². The van der Waals surface area contributed by atoms with Gasteiger partial charge in [-0.25, -0.2) is 4.90 Å². The Morgan fingerprint density at radius 2 is 1.52 bits per heavy atom. The Labute approximate surface area is 143 Å². The topological polar surface area (TPSA) is 37.4 Å². The summed E-state index contributed by atoms with van der Waals surface area (Å²) in [5.74, 6) is -0.667. The van der Waals surface area contributed by atoms with Crippen LogP contribution in [-0.4, -0.2) is 11.8 Å². The summed E-state index contributed by atoms with van der Waals surface area (Å²) in [5, 5.41) is 0.464. The number of alkyl halides is 2. The average molecular weight is 429 g/mol. The highest BCUT2D eigenvalue weighted by molar-refractivity contribution is 9.24. The molecule has 21 heavy (non-hydrogen) atoms. The van der Waals surface area contributed by atoms with E-state index in [1.54, 1.807) is 42.5 Å². The molecule has 1 heterocycles. The van der Waals surface area contributed by atoms with Gasteiger partial charge in [0.1, 0.15) is 0 Å². The Hall–Kier alpha value is -1.17. The molecule has 0 fully saturated rings. The molecule has 6 heteroatoms. The van der Waals surface area contributed by atoms with Crippen molar-refractivity contribution in [1.82, 2.24) is 0 Å². The quantitative estimate of drug-likeness (QED) is 0.502. The van der Waals surface area contributed by atoms with Crippen molar-refractivity contribution < 1.29 is 9.59 Å². The van der Waals surface area contributed by atoms with Crippen molar-refractivity contribution in [3.8, 4) is 0 Å². The number of halogens is 3. The molecule has 1 aliphatic heterocycles. The van der Waals surface area contributed by atoms with E-state index in [4.69, 9.17) is 11.6 Å². The molecule has 2 amide bonds. The molecule has 3 nitrogen and oxygen atoms in total. The monoisotopic (exact) mass is 427 g/mol. The summed E-state index contributed by atoms with van der Waals surface area (Å²) in [7, 11) is 0.